The lowest BCUT2D eigenvalue weighted by molar-refractivity contribution is -0.126. The number of thioether (sulfide) groups is 1. The number of rotatable bonds is 10. The molecule has 2 aromatic carbocycles. The Morgan fingerprint density at radius 1 is 1.05 bits per heavy atom. The molecule has 2 amide bonds. The molecule has 2 aromatic heterocycles. The van der Waals surface area contributed by atoms with E-state index in [4.69, 9.17) is 4.42 Å². The van der Waals surface area contributed by atoms with Crippen molar-refractivity contribution in [3.05, 3.63) is 96.0 Å². The smallest absolute Gasteiger partial charge is 0.248 e. The van der Waals surface area contributed by atoms with Gasteiger partial charge in [-0.15, -0.1) is 10.2 Å². The Balaban J connectivity index is 1.44. The summed E-state index contributed by atoms with van der Waals surface area (Å²) < 4.78 is 21.3. The molecule has 40 heavy (non-hydrogen) atoms. The van der Waals surface area contributed by atoms with Crippen molar-refractivity contribution in [1.29, 1.82) is 0 Å². The maximum Gasteiger partial charge on any atom is 0.248 e. The highest BCUT2D eigenvalue weighted by Gasteiger charge is 2.34. The third-order valence-electron chi connectivity index (χ3n) is 7.07. The van der Waals surface area contributed by atoms with Crippen LogP contribution >= 0.6 is 11.8 Å². The summed E-state index contributed by atoms with van der Waals surface area (Å²) in [7, 11) is 0. The fourth-order valence-electron chi connectivity index (χ4n) is 5.02. The van der Waals surface area contributed by atoms with Crippen molar-refractivity contribution in [1.82, 2.24) is 20.1 Å². The molecule has 1 unspecified atom stereocenters. The zero-order valence-electron chi connectivity index (χ0n) is 22.3. The number of aromatic nitrogens is 3. The van der Waals surface area contributed by atoms with Gasteiger partial charge in [0.15, 0.2) is 5.16 Å². The molecule has 0 spiro atoms. The fraction of sp³-hybridized carbons (Fsp3) is 0.333. The fourth-order valence-corrected chi connectivity index (χ4v) is 5.86. The third kappa shape index (κ3) is 6.62. The molecule has 1 atom stereocenters. The first-order valence-electron chi connectivity index (χ1n) is 13.5. The van der Waals surface area contributed by atoms with Crippen molar-refractivity contribution >= 4 is 29.3 Å². The summed E-state index contributed by atoms with van der Waals surface area (Å²) in [5, 5.41) is 12.2. The second-order valence-corrected chi connectivity index (χ2v) is 10.8. The first-order chi connectivity index (χ1) is 19.5. The van der Waals surface area contributed by atoms with Gasteiger partial charge in [0.05, 0.1) is 18.6 Å². The molecular formula is C30H32FN5O3S. The topological polar surface area (TPSA) is 93.3 Å². The summed E-state index contributed by atoms with van der Waals surface area (Å²) in [6, 6.07) is 17.7. The molecule has 208 valence electrons. The van der Waals surface area contributed by atoms with E-state index in [1.807, 2.05) is 41.8 Å². The van der Waals surface area contributed by atoms with E-state index in [1.54, 1.807) is 30.5 Å². The Labute approximate surface area is 237 Å². The van der Waals surface area contributed by atoms with Gasteiger partial charge in [-0.2, -0.15) is 0 Å². The highest BCUT2D eigenvalue weighted by molar-refractivity contribution is 7.99. The lowest BCUT2D eigenvalue weighted by Crippen LogP contribution is -2.47. The Kier molecular flexibility index (Phi) is 8.95. The van der Waals surface area contributed by atoms with Crippen molar-refractivity contribution in [3.63, 3.8) is 0 Å². The first kappa shape index (κ1) is 27.6. The Morgan fingerprint density at radius 2 is 1.80 bits per heavy atom. The van der Waals surface area contributed by atoms with Gasteiger partial charge < -0.3 is 9.73 Å². The van der Waals surface area contributed by atoms with Crippen molar-refractivity contribution in [2.75, 3.05) is 10.7 Å². The number of anilines is 1. The standard InChI is InChI=1S/C30H32FN5O3S/c1-21-33-34-30(35(21)19-26-13-8-18-39-26)40-20-27(37)36(25-11-6-3-7-12-25)28(22-14-16-23(31)17-15-22)29(38)32-24-9-4-2-5-10-24/h3,6-8,11-18,24,28H,2,4-5,9-10,19-20H2,1H3,(H,32,38). The van der Waals surface area contributed by atoms with E-state index in [2.05, 4.69) is 15.5 Å². The van der Waals surface area contributed by atoms with Crippen LogP contribution in [0, 0.1) is 12.7 Å². The van der Waals surface area contributed by atoms with Gasteiger partial charge in [0.1, 0.15) is 23.4 Å². The number of nitrogens with zero attached hydrogens (tertiary/aromatic N) is 4. The second-order valence-electron chi connectivity index (χ2n) is 9.88. The van der Waals surface area contributed by atoms with E-state index in [0.29, 0.717) is 28.8 Å². The third-order valence-corrected chi connectivity index (χ3v) is 8.02. The molecule has 0 radical (unpaired) electrons. The zero-order chi connectivity index (χ0) is 27.9. The first-order valence-corrected chi connectivity index (χ1v) is 14.5. The quantitative estimate of drug-likeness (QED) is 0.250. The molecule has 2 heterocycles. The molecule has 0 saturated heterocycles. The normalized spacial score (nSPS) is 14.6. The Bertz CT molecular complexity index is 1400. The van der Waals surface area contributed by atoms with Gasteiger partial charge in [0.2, 0.25) is 11.8 Å². The molecule has 5 rings (SSSR count). The minimum atomic E-state index is -0.972. The molecule has 10 heteroatoms. The average Bonchev–Trinajstić information content (AvgIpc) is 3.62. The number of amides is 2. The van der Waals surface area contributed by atoms with E-state index in [-0.39, 0.29) is 23.6 Å². The summed E-state index contributed by atoms with van der Waals surface area (Å²) in [6.45, 7) is 2.28. The Morgan fingerprint density at radius 3 is 2.50 bits per heavy atom. The van der Waals surface area contributed by atoms with Crippen molar-refractivity contribution in [2.45, 2.75) is 62.8 Å². The predicted octanol–water partition coefficient (Wildman–Crippen LogP) is 5.68. The lowest BCUT2D eigenvalue weighted by atomic mass is 9.94. The molecule has 1 aliphatic carbocycles. The van der Waals surface area contributed by atoms with E-state index in [1.165, 1.54) is 28.8 Å². The monoisotopic (exact) mass is 561 g/mol. The molecule has 4 aromatic rings. The summed E-state index contributed by atoms with van der Waals surface area (Å²) >= 11 is 1.25. The van der Waals surface area contributed by atoms with E-state index < -0.39 is 11.9 Å². The van der Waals surface area contributed by atoms with Crippen molar-refractivity contribution < 1.29 is 18.4 Å². The molecule has 1 fully saturated rings. The minimum Gasteiger partial charge on any atom is -0.467 e. The largest absolute Gasteiger partial charge is 0.467 e. The van der Waals surface area contributed by atoms with Gasteiger partial charge in [-0.05, 0) is 61.7 Å². The van der Waals surface area contributed by atoms with Crippen LogP contribution in [0.4, 0.5) is 10.1 Å². The SMILES string of the molecule is Cc1nnc(SCC(=O)N(c2ccccc2)C(C(=O)NC2CCCCC2)c2ccc(F)cc2)n1Cc1ccco1. The van der Waals surface area contributed by atoms with Crippen LogP contribution in [-0.4, -0.2) is 38.4 Å². The van der Waals surface area contributed by atoms with E-state index in [9.17, 15) is 14.0 Å². The summed E-state index contributed by atoms with van der Waals surface area (Å²) in [5.74, 6) is 0.487. The van der Waals surface area contributed by atoms with E-state index >= 15 is 0 Å². The molecule has 8 nitrogen and oxygen atoms in total. The highest BCUT2D eigenvalue weighted by Crippen LogP contribution is 2.31. The minimum absolute atomic E-state index is 0.0135. The van der Waals surface area contributed by atoms with Gasteiger partial charge in [-0.25, -0.2) is 4.39 Å². The van der Waals surface area contributed by atoms with Crippen molar-refractivity contribution in [3.8, 4) is 0 Å². The van der Waals surface area contributed by atoms with Gasteiger partial charge in [-0.1, -0.05) is 61.4 Å². The van der Waals surface area contributed by atoms with Gasteiger partial charge >= 0.3 is 0 Å². The lowest BCUT2D eigenvalue weighted by Gasteiger charge is -2.33. The maximum atomic E-state index is 14.0. The number of para-hydroxylation sites is 1. The number of halogens is 1. The summed E-state index contributed by atoms with van der Waals surface area (Å²) in [4.78, 5) is 29.4. The Hall–Kier alpha value is -3.92. The van der Waals surface area contributed by atoms with Crippen LogP contribution in [0.1, 0.15) is 55.3 Å². The molecule has 1 N–H and O–H groups in total. The number of hydrogen-bond acceptors (Lipinski definition) is 6. The number of carbonyl (C=O) groups is 2. The molecule has 1 aliphatic rings. The van der Waals surface area contributed by atoms with Crippen LogP contribution in [0.3, 0.4) is 0 Å². The van der Waals surface area contributed by atoms with Crippen LogP contribution in [0.25, 0.3) is 0 Å². The number of aryl methyl sites for hydroxylation is 1. The molecule has 0 aliphatic heterocycles. The molecular weight excluding hydrogens is 529 g/mol. The van der Waals surface area contributed by atoms with Gasteiger partial charge in [0.25, 0.3) is 0 Å². The van der Waals surface area contributed by atoms with E-state index in [0.717, 1.165) is 37.9 Å². The highest BCUT2D eigenvalue weighted by atomic mass is 32.2. The van der Waals surface area contributed by atoms with Crippen LogP contribution in [0.5, 0.6) is 0 Å². The average molecular weight is 562 g/mol. The number of furan rings is 1. The van der Waals surface area contributed by atoms with Crippen LogP contribution < -0.4 is 10.2 Å². The molecule has 0 bridgehead atoms. The van der Waals surface area contributed by atoms with Crippen molar-refractivity contribution in [2.24, 2.45) is 0 Å². The summed E-state index contributed by atoms with van der Waals surface area (Å²) in [5.41, 5.74) is 1.11. The summed E-state index contributed by atoms with van der Waals surface area (Å²) in [6.07, 6.45) is 6.69. The van der Waals surface area contributed by atoms with Gasteiger partial charge in [-0.3, -0.25) is 19.1 Å². The zero-order valence-corrected chi connectivity index (χ0v) is 23.1. The molecule has 1 saturated carbocycles. The second kappa shape index (κ2) is 13.0. The van der Waals surface area contributed by atoms with Crippen LogP contribution in [0.15, 0.2) is 82.6 Å². The number of hydrogen-bond donors (Lipinski definition) is 1. The van der Waals surface area contributed by atoms with Crippen LogP contribution in [-0.2, 0) is 16.1 Å². The van der Waals surface area contributed by atoms with Crippen LogP contribution in [0.2, 0.25) is 0 Å². The maximum absolute atomic E-state index is 14.0. The van der Waals surface area contributed by atoms with Gasteiger partial charge in [0, 0.05) is 11.7 Å². The number of benzene rings is 2. The predicted molar refractivity (Wildman–Crippen MR) is 151 cm³/mol. The number of nitrogens with one attached hydrogen (secondary N) is 1. The number of carbonyl (C=O) groups excluding carboxylic acids is 2.